The summed E-state index contributed by atoms with van der Waals surface area (Å²) in [7, 11) is 0. The molecule has 0 saturated heterocycles. The van der Waals surface area contributed by atoms with Crippen molar-refractivity contribution in [1.82, 2.24) is 15.3 Å². The summed E-state index contributed by atoms with van der Waals surface area (Å²) in [5.74, 6) is 3.05. The Morgan fingerprint density at radius 1 is 1.32 bits per heavy atom. The Morgan fingerprint density at radius 2 is 2.10 bits per heavy atom. The maximum absolute atomic E-state index is 6.20. The molecule has 31 heavy (non-hydrogen) atoms. The van der Waals surface area contributed by atoms with E-state index in [1.807, 2.05) is 74.8 Å². The summed E-state index contributed by atoms with van der Waals surface area (Å²) >= 11 is 3.20. The second-order valence-corrected chi connectivity index (χ2v) is 9.35. The SMILES string of the molecule is C/C=C(/C)N/C(=N/c1ncc(Sc2nc(C)cs2)cc1Oc1ccccc1)C(C)CC. The largest absolute Gasteiger partial charge is 0.453 e. The van der Waals surface area contributed by atoms with Gasteiger partial charge in [0.1, 0.15) is 11.6 Å². The normalized spacial score (nSPS) is 13.2. The Bertz CT molecular complexity index is 1060. The lowest BCUT2D eigenvalue weighted by molar-refractivity contribution is 0.480. The number of pyridine rings is 1. The van der Waals surface area contributed by atoms with Gasteiger partial charge in [0.15, 0.2) is 15.9 Å². The van der Waals surface area contributed by atoms with Crippen LogP contribution in [0.1, 0.15) is 39.8 Å². The Hall–Kier alpha value is -2.64. The fourth-order valence-electron chi connectivity index (χ4n) is 2.57. The predicted octanol–water partition coefficient (Wildman–Crippen LogP) is 7.38. The zero-order valence-electron chi connectivity index (χ0n) is 18.5. The number of ether oxygens (including phenoxy) is 1. The van der Waals surface area contributed by atoms with Crippen LogP contribution < -0.4 is 10.1 Å². The van der Waals surface area contributed by atoms with E-state index < -0.39 is 0 Å². The number of benzene rings is 1. The number of hydrogen-bond donors (Lipinski definition) is 1. The summed E-state index contributed by atoms with van der Waals surface area (Å²) in [6.45, 7) is 10.3. The molecule has 0 fully saturated rings. The first kappa shape index (κ1) is 23.0. The Morgan fingerprint density at radius 3 is 2.74 bits per heavy atom. The molecule has 0 aliphatic rings. The first-order valence-corrected chi connectivity index (χ1v) is 12.0. The zero-order chi connectivity index (χ0) is 22.2. The maximum Gasteiger partial charge on any atom is 0.197 e. The van der Waals surface area contributed by atoms with E-state index in [1.165, 1.54) is 0 Å². The van der Waals surface area contributed by atoms with Crippen molar-refractivity contribution in [3.05, 3.63) is 65.4 Å². The zero-order valence-corrected chi connectivity index (χ0v) is 20.2. The van der Waals surface area contributed by atoms with E-state index in [4.69, 9.17) is 9.73 Å². The lowest BCUT2D eigenvalue weighted by Gasteiger charge is -2.17. The van der Waals surface area contributed by atoms with Crippen LogP contribution in [0.25, 0.3) is 0 Å². The molecule has 1 atom stereocenters. The van der Waals surface area contributed by atoms with Crippen LogP contribution in [0.4, 0.5) is 5.82 Å². The van der Waals surface area contributed by atoms with Gasteiger partial charge in [0.25, 0.3) is 0 Å². The predicted molar refractivity (Wildman–Crippen MR) is 131 cm³/mol. The Labute approximate surface area is 192 Å². The van der Waals surface area contributed by atoms with E-state index in [9.17, 15) is 0 Å². The first-order valence-electron chi connectivity index (χ1n) is 10.3. The summed E-state index contributed by atoms with van der Waals surface area (Å²) in [4.78, 5) is 15.0. The van der Waals surface area contributed by atoms with Crippen molar-refractivity contribution in [3.63, 3.8) is 0 Å². The molecule has 0 aliphatic carbocycles. The van der Waals surface area contributed by atoms with Crippen molar-refractivity contribution in [1.29, 1.82) is 0 Å². The standard InChI is InChI=1S/C24H28N4OS2/c1-6-16(3)22(26-17(4)7-2)28-23-21(29-19-11-9-8-10-12-19)13-20(14-25-23)31-24-27-18(5)15-30-24/h7-16H,6H2,1-5H3,(H,25,26,28)/b17-7-. The van der Waals surface area contributed by atoms with Gasteiger partial charge in [0, 0.05) is 39.8 Å². The smallest absolute Gasteiger partial charge is 0.197 e. The monoisotopic (exact) mass is 452 g/mol. The Kier molecular flexibility index (Phi) is 8.26. The molecule has 1 N–H and O–H groups in total. The van der Waals surface area contributed by atoms with Gasteiger partial charge >= 0.3 is 0 Å². The molecule has 0 saturated carbocycles. The molecule has 7 heteroatoms. The number of amidine groups is 1. The second kappa shape index (κ2) is 11.1. The third-order valence-corrected chi connectivity index (χ3v) is 6.66. The van der Waals surface area contributed by atoms with E-state index in [-0.39, 0.29) is 5.92 Å². The van der Waals surface area contributed by atoms with Crippen molar-refractivity contribution in [2.75, 3.05) is 0 Å². The van der Waals surface area contributed by atoms with E-state index in [0.29, 0.717) is 11.6 Å². The molecule has 2 heterocycles. The second-order valence-electron chi connectivity index (χ2n) is 7.17. The van der Waals surface area contributed by atoms with Crippen LogP contribution in [-0.4, -0.2) is 15.8 Å². The number of thiazole rings is 1. The molecule has 5 nitrogen and oxygen atoms in total. The average Bonchev–Trinajstić information content (AvgIpc) is 3.19. The van der Waals surface area contributed by atoms with Gasteiger partial charge in [0.05, 0.1) is 0 Å². The minimum Gasteiger partial charge on any atom is -0.453 e. The van der Waals surface area contributed by atoms with Crippen LogP contribution in [0, 0.1) is 12.8 Å². The summed E-state index contributed by atoms with van der Waals surface area (Å²) in [6.07, 6.45) is 4.83. The quantitative estimate of drug-likeness (QED) is 0.285. The molecule has 0 bridgehead atoms. The van der Waals surface area contributed by atoms with Gasteiger partial charge in [-0.15, -0.1) is 11.3 Å². The number of allylic oxidation sites excluding steroid dienone is 2. The van der Waals surface area contributed by atoms with Crippen molar-refractivity contribution in [2.24, 2.45) is 10.9 Å². The van der Waals surface area contributed by atoms with E-state index in [0.717, 1.165) is 38.6 Å². The molecule has 2 aromatic heterocycles. The highest BCUT2D eigenvalue weighted by molar-refractivity contribution is 8.01. The number of para-hydroxylation sites is 1. The molecule has 0 spiro atoms. The Balaban J connectivity index is 2.00. The number of rotatable bonds is 8. The van der Waals surface area contributed by atoms with Crippen molar-refractivity contribution < 1.29 is 4.74 Å². The van der Waals surface area contributed by atoms with E-state index in [1.54, 1.807) is 23.1 Å². The molecule has 0 amide bonds. The fraction of sp³-hybridized carbons (Fsp3) is 0.292. The number of aromatic nitrogens is 2. The van der Waals surface area contributed by atoms with Gasteiger partial charge in [-0.05, 0) is 39.3 Å². The van der Waals surface area contributed by atoms with Crippen LogP contribution in [0.15, 0.2) is 74.0 Å². The molecule has 1 unspecified atom stereocenters. The van der Waals surface area contributed by atoms with Gasteiger partial charge < -0.3 is 10.1 Å². The van der Waals surface area contributed by atoms with Gasteiger partial charge in [-0.1, -0.05) is 49.9 Å². The number of hydrogen-bond acceptors (Lipinski definition) is 6. The summed E-state index contributed by atoms with van der Waals surface area (Å²) in [5.41, 5.74) is 2.07. The fourth-order valence-corrected chi connectivity index (χ4v) is 4.38. The van der Waals surface area contributed by atoms with Gasteiger partial charge in [-0.3, -0.25) is 0 Å². The van der Waals surface area contributed by atoms with Gasteiger partial charge in [-0.2, -0.15) is 0 Å². The number of aryl methyl sites for hydroxylation is 1. The maximum atomic E-state index is 6.20. The minimum absolute atomic E-state index is 0.258. The average molecular weight is 453 g/mol. The van der Waals surface area contributed by atoms with Crippen molar-refractivity contribution in [3.8, 4) is 11.5 Å². The molecular weight excluding hydrogens is 424 g/mol. The van der Waals surface area contributed by atoms with Crippen molar-refractivity contribution in [2.45, 2.75) is 50.3 Å². The number of nitrogens with zero attached hydrogens (tertiary/aromatic N) is 3. The van der Waals surface area contributed by atoms with Crippen molar-refractivity contribution >= 4 is 34.8 Å². The first-order chi connectivity index (χ1) is 15.0. The minimum atomic E-state index is 0.258. The summed E-state index contributed by atoms with van der Waals surface area (Å²) < 4.78 is 7.17. The van der Waals surface area contributed by atoms with Crippen LogP contribution in [-0.2, 0) is 0 Å². The van der Waals surface area contributed by atoms with Crippen LogP contribution in [0.2, 0.25) is 0 Å². The lowest BCUT2D eigenvalue weighted by Crippen LogP contribution is -2.27. The van der Waals surface area contributed by atoms with Crippen LogP contribution in [0.3, 0.4) is 0 Å². The van der Waals surface area contributed by atoms with Crippen LogP contribution >= 0.6 is 23.1 Å². The molecular formula is C24H28N4OS2. The van der Waals surface area contributed by atoms with Crippen LogP contribution in [0.5, 0.6) is 11.5 Å². The third kappa shape index (κ3) is 6.67. The van der Waals surface area contributed by atoms with Gasteiger partial charge in [0.2, 0.25) is 0 Å². The lowest BCUT2D eigenvalue weighted by atomic mass is 10.1. The highest BCUT2D eigenvalue weighted by Gasteiger charge is 2.14. The topological polar surface area (TPSA) is 59.4 Å². The molecule has 3 aromatic rings. The number of aliphatic imine (C=N–C) groups is 1. The molecule has 0 radical (unpaired) electrons. The summed E-state index contributed by atoms with van der Waals surface area (Å²) in [5, 5.41) is 5.46. The van der Waals surface area contributed by atoms with E-state index in [2.05, 4.69) is 29.1 Å². The van der Waals surface area contributed by atoms with E-state index >= 15 is 0 Å². The molecule has 3 rings (SSSR count). The third-order valence-electron chi connectivity index (χ3n) is 4.65. The molecule has 162 valence electrons. The molecule has 0 aliphatic heterocycles. The molecule has 1 aromatic carbocycles. The highest BCUT2D eigenvalue weighted by Crippen LogP contribution is 2.37. The summed E-state index contributed by atoms with van der Waals surface area (Å²) in [6, 6.07) is 11.7. The van der Waals surface area contributed by atoms with Gasteiger partial charge in [-0.25, -0.2) is 15.0 Å². The highest BCUT2D eigenvalue weighted by atomic mass is 32.2. The number of nitrogens with one attached hydrogen (secondary N) is 1.